The van der Waals surface area contributed by atoms with Crippen LogP contribution in [0.25, 0.3) is 0 Å². The number of phenols is 1. The monoisotopic (exact) mass is 895 g/mol. The van der Waals surface area contributed by atoms with E-state index in [4.69, 9.17) is 5.73 Å². The summed E-state index contributed by atoms with van der Waals surface area (Å²) in [5, 5.41) is 37.7. The molecule has 0 aliphatic heterocycles. The first kappa shape index (κ1) is 54.1. The Labute approximate surface area is 376 Å². The number of nitrogens with one attached hydrogen (secondary N) is 7. The van der Waals surface area contributed by atoms with E-state index in [1.54, 1.807) is 70.2 Å². The van der Waals surface area contributed by atoms with E-state index >= 15 is 0 Å². The van der Waals surface area contributed by atoms with E-state index in [1.807, 2.05) is 27.7 Å². The molecule has 9 atom stereocenters. The fourth-order valence-corrected chi connectivity index (χ4v) is 6.50. The van der Waals surface area contributed by atoms with Gasteiger partial charge in [0.2, 0.25) is 41.4 Å². The molecule has 11 N–H and O–H groups in total. The normalized spacial score (nSPS) is 15.4. The Morgan fingerprint density at radius 1 is 0.562 bits per heavy atom. The van der Waals surface area contributed by atoms with Crippen LogP contribution in [-0.2, 0) is 51.2 Å². The molecule has 0 radical (unpaired) electrons. The highest BCUT2D eigenvalue weighted by atomic mass is 16.4. The van der Waals surface area contributed by atoms with Gasteiger partial charge in [-0.3, -0.25) is 33.6 Å². The fraction of sp³-hybridized carbons (Fsp3) is 0.565. The summed E-state index contributed by atoms with van der Waals surface area (Å²) in [5.41, 5.74) is 7.38. The Balaban J connectivity index is 2.25. The van der Waals surface area contributed by atoms with Gasteiger partial charge in [-0.05, 0) is 60.3 Å². The topological polar surface area (TPSA) is 287 Å². The number of amides is 7. The van der Waals surface area contributed by atoms with Crippen LogP contribution in [0.2, 0.25) is 0 Å². The predicted molar refractivity (Wildman–Crippen MR) is 241 cm³/mol. The SMILES string of the molecule is CCC(C)C(NC(=O)CNC(=O)C(Cc1ccccc1)NC(=O)C(Cc1ccc(O)cc1)NC(=O)C(N)C(C)C)C(=O)NC(C(=O)NC(C)C(=O)NC(CC(C)C)C(=O)O)C(C)CC. The number of nitrogens with two attached hydrogens (primary N) is 1. The molecular formula is C46H70N8O10. The summed E-state index contributed by atoms with van der Waals surface area (Å²) in [6, 6.07) is 7.02. The Morgan fingerprint density at radius 2 is 1.05 bits per heavy atom. The van der Waals surface area contributed by atoms with Crippen molar-refractivity contribution in [3.8, 4) is 5.75 Å². The van der Waals surface area contributed by atoms with Crippen molar-refractivity contribution in [1.82, 2.24) is 37.2 Å². The minimum Gasteiger partial charge on any atom is -0.508 e. The Kier molecular flexibility index (Phi) is 22.4. The van der Waals surface area contributed by atoms with Gasteiger partial charge in [-0.15, -0.1) is 0 Å². The molecule has 0 saturated heterocycles. The minimum absolute atomic E-state index is 0.00335. The number of hydrogen-bond acceptors (Lipinski definition) is 10. The zero-order chi connectivity index (χ0) is 48.3. The average Bonchev–Trinajstić information content (AvgIpc) is 3.25. The van der Waals surface area contributed by atoms with Crippen LogP contribution in [0.15, 0.2) is 54.6 Å². The van der Waals surface area contributed by atoms with Crippen molar-refractivity contribution in [1.29, 1.82) is 0 Å². The molecule has 354 valence electrons. The third-order valence-corrected chi connectivity index (χ3v) is 11.0. The molecule has 9 unspecified atom stereocenters. The number of carboxylic acid groups (broad SMARTS) is 1. The number of carboxylic acids is 1. The van der Waals surface area contributed by atoms with Gasteiger partial charge >= 0.3 is 5.97 Å². The molecule has 2 rings (SSSR count). The number of carbonyl (C=O) groups excluding carboxylic acids is 7. The van der Waals surface area contributed by atoms with Crippen LogP contribution in [0.1, 0.15) is 92.7 Å². The van der Waals surface area contributed by atoms with E-state index < -0.39 is 108 Å². The van der Waals surface area contributed by atoms with Crippen molar-refractivity contribution in [3.63, 3.8) is 0 Å². The number of aliphatic carboxylic acids is 1. The number of carbonyl (C=O) groups is 8. The molecule has 0 bridgehead atoms. The molecule has 0 spiro atoms. The highest BCUT2D eigenvalue weighted by Crippen LogP contribution is 2.15. The van der Waals surface area contributed by atoms with Gasteiger partial charge < -0.3 is 53.2 Å². The van der Waals surface area contributed by atoms with E-state index in [2.05, 4.69) is 37.2 Å². The summed E-state index contributed by atoms with van der Waals surface area (Å²) in [4.78, 5) is 106. The maximum absolute atomic E-state index is 13.9. The third kappa shape index (κ3) is 18.0. The molecule has 7 amide bonds. The second kappa shape index (κ2) is 26.6. The molecule has 0 saturated carbocycles. The lowest BCUT2D eigenvalue weighted by molar-refractivity contribution is -0.142. The second-order valence-electron chi connectivity index (χ2n) is 17.2. The van der Waals surface area contributed by atoms with Gasteiger partial charge in [0.05, 0.1) is 12.6 Å². The first-order chi connectivity index (χ1) is 30.1. The second-order valence-corrected chi connectivity index (χ2v) is 17.2. The van der Waals surface area contributed by atoms with Crippen molar-refractivity contribution in [2.24, 2.45) is 29.4 Å². The first-order valence-electron chi connectivity index (χ1n) is 22.0. The number of benzene rings is 2. The van der Waals surface area contributed by atoms with E-state index in [0.717, 1.165) is 0 Å². The number of aromatic hydroxyl groups is 1. The Hall–Kier alpha value is -6.04. The summed E-state index contributed by atoms with van der Waals surface area (Å²) in [6.07, 6.45) is 1.10. The summed E-state index contributed by atoms with van der Waals surface area (Å²) >= 11 is 0. The molecule has 0 heterocycles. The maximum atomic E-state index is 13.9. The summed E-state index contributed by atoms with van der Waals surface area (Å²) in [5.74, 6) is -7.10. The van der Waals surface area contributed by atoms with E-state index in [9.17, 15) is 48.6 Å². The van der Waals surface area contributed by atoms with Crippen molar-refractivity contribution in [3.05, 3.63) is 65.7 Å². The molecule has 2 aromatic carbocycles. The van der Waals surface area contributed by atoms with Crippen molar-refractivity contribution in [2.45, 2.75) is 137 Å². The van der Waals surface area contributed by atoms with Crippen LogP contribution in [0.3, 0.4) is 0 Å². The predicted octanol–water partition coefficient (Wildman–Crippen LogP) is 1.43. The maximum Gasteiger partial charge on any atom is 0.326 e. The zero-order valence-corrected chi connectivity index (χ0v) is 38.5. The van der Waals surface area contributed by atoms with Crippen molar-refractivity contribution in [2.75, 3.05) is 6.54 Å². The van der Waals surface area contributed by atoms with Gasteiger partial charge in [0.15, 0.2) is 0 Å². The van der Waals surface area contributed by atoms with Crippen molar-refractivity contribution >= 4 is 47.3 Å². The number of hydrogen-bond donors (Lipinski definition) is 10. The van der Waals surface area contributed by atoms with E-state index in [-0.39, 0.29) is 36.8 Å². The fourth-order valence-electron chi connectivity index (χ4n) is 6.50. The van der Waals surface area contributed by atoms with Crippen LogP contribution < -0.4 is 43.0 Å². The third-order valence-electron chi connectivity index (χ3n) is 11.0. The largest absolute Gasteiger partial charge is 0.508 e. The Morgan fingerprint density at radius 3 is 1.56 bits per heavy atom. The highest BCUT2D eigenvalue weighted by Gasteiger charge is 2.35. The van der Waals surface area contributed by atoms with Gasteiger partial charge in [-0.25, -0.2) is 4.79 Å². The summed E-state index contributed by atoms with van der Waals surface area (Å²) in [7, 11) is 0. The van der Waals surface area contributed by atoms with E-state index in [0.29, 0.717) is 24.0 Å². The van der Waals surface area contributed by atoms with Gasteiger partial charge in [0.1, 0.15) is 42.0 Å². The van der Waals surface area contributed by atoms with Crippen LogP contribution in [0.4, 0.5) is 0 Å². The minimum atomic E-state index is -1.22. The summed E-state index contributed by atoms with van der Waals surface area (Å²) in [6.45, 7) is 15.1. The average molecular weight is 895 g/mol. The number of rotatable bonds is 26. The molecule has 0 aliphatic carbocycles. The first-order valence-corrected chi connectivity index (χ1v) is 22.0. The molecule has 18 heteroatoms. The van der Waals surface area contributed by atoms with E-state index in [1.165, 1.54) is 19.1 Å². The lowest BCUT2D eigenvalue weighted by atomic mass is 9.94. The van der Waals surface area contributed by atoms with Crippen LogP contribution in [0, 0.1) is 23.7 Å². The lowest BCUT2D eigenvalue weighted by Gasteiger charge is -2.29. The van der Waals surface area contributed by atoms with Crippen LogP contribution in [0.5, 0.6) is 5.75 Å². The molecule has 0 aromatic heterocycles. The van der Waals surface area contributed by atoms with Gasteiger partial charge in [-0.2, -0.15) is 0 Å². The molecule has 2 aromatic rings. The molecule has 64 heavy (non-hydrogen) atoms. The molecule has 0 aliphatic rings. The smallest absolute Gasteiger partial charge is 0.326 e. The zero-order valence-electron chi connectivity index (χ0n) is 38.5. The van der Waals surface area contributed by atoms with Crippen LogP contribution >= 0.6 is 0 Å². The molecular weight excluding hydrogens is 825 g/mol. The van der Waals surface area contributed by atoms with Gasteiger partial charge in [-0.1, -0.05) is 111 Å². The standard InChI is InChI=1S/C46H70N8O10/c1-10-27(7)38(45(62)54-39(28(8)11-2)44(61)49-29(9)40(57)52-35(46(63)64)21-25(3)4)53-36(56)24-48-41(58)33(22-30-15-13-12-14-16-30)50-42(59)34(51-43(60)37(47)26(5)6)23-31-17-19-32(55)20-18-31/h12-20,25-29,33-35,37-39,55H,10-11,21-24,47H2,1-9H3,(H,48,58)(H,49,61)(H,50,59)(H,51,60)(H,52,57)(H,53,56)(H,54,62)(H,63,64). The van der Waals surface area contributed by atoms with Gasteiger partial charge in [0.25, 0.3) is 0 Å². The highest BCUT2D eigenvalue weighted by molar-refractivity contribution is 5.97. The quantitative estimate of drug-likeness (QED) is 0.0645. The van der Waals surface area contributed by atoms with Gasteiger partial charge in [0, 0.05) is 12.8 Å². The summed E-state index contributed by atoms with van der Waals surface area (Å²) < 4.78 is 0. The van der Waals surface area contributed by atoms with Crippen molar-refractivity contribution < 1.29 is 48.6 Å². The lowest BCUT2D eigenvalue weighted by Crippen LogP contribution is -2.60. The Bertz CT molecular complexity index is 1880. The molecule has 18 nitrogen and oxygen atoms in total. The molecule has 0 fully saturated rings. The number of phenolic OH excluding ortho intramolecular Hbond substituents is 1. The van der Waals surface area contributed by atoms with Crippen LogP contribution in [-0.4, -0.2) is 106 Å².